The highest BCUT2D eigenvalue weighted by molar-refractivity contribution is 7.90. The summed E-state index contributed by atoms with van der Waals surface area (Å²) in [5.74, 6) is 0.965. The quantitative estimate of drug-likeness (QED) is 0.906. The molecule has 0 bridgehead atoms. The third-order valence-corrected chi connectivity index (χ3v) is 4.08. The van der Waals surface area contributed by atoms with Crippen LogP contribution in [0.15, 0.2) is 18.2 Å². The molecule has 7 heteroatoms. The van der Waals surface area contributed by atoms with Gasteiger partial charge in [-0.05, 0) is 26.0 Å². The van der Waals surface area contributed by atoms with Crippen molar-refractivity contribution in [3.05, 3.63) is 18.2 Å². The van der Waals surface area contributed by atoms with E-state index >= 15 is 0 Å². The van der Waals surface area contributed by atoms with Gasteiger partial charge in [0.2, 0.25) is 5.95 Å². The molecule has 1 aromatic heterocycles. The monoisotopic (exact) mass is 297 g/mol. The number of hydrogen-bond acceptors (Lipinski definition) is 5. The van der Waals surface area contributed by atoms with E-state index in [1.165, 1.54) is 6.26 Å². The zero-order valence-corrected chi connectivity index (χ0v) is 12.6. The van der Waals surface area contributed by atoms with Crippen molar-refractivity contribution in [1.82, 2.24) is 9.55 Å². The molecular weight excluding hydrogens is 278 g/mol. The molecule has 0 aliphatic rings. The van der Waals surface area contributed by atoms with Crippen LogP contribution in [0.4, 0.5) is 5.95 Å². The normalized spacial score (nSPS) is 13.6. The van der Waals surface area contributed by atoms with Crippen molar-refractivity contribution in [3.8, 4) is 5.75 Å². The molecule has 1 heterocycles. The molecule has 0 spiro atoms. The molecule has 0 amide bonds. The third-order valence-electron chi connectivity index (χ3n) is 2.99. The first-order chi connectivity index (χ1) is 9.33. The molecule has 0 radical (unpaired) electrons. The number of rotatable bonds is 5. The third kappa shape index (κ3) is 2.87. The SMILES string of the molecule is CCOc1cccc2c1nc(N)n2C(C)CS(C)(=O)=O. The fourth-order valence-electron chi connectivity index (χ4n) is 2.36. The number of anilines is 1. The van der Waals surface area contributed by atoms with Gasteiger partial charge >= 0.3 is 0 Å². The first kappa shape index (κ1) is 14.6. The number of benzene rings is 1. The first-order valence-corrected chi connectivity index (χ1v) is 8.46. The summed E-state index contributed by atoms with van der Waals surface area (Å²) in [5, 5.41) is 0. The number of sulfone groups is 1. The molecule has 0 fully saturated rings. The van der Waals surface area contributed by atoms with Crippen molar-refractivity contribution in [1.29, 1.82) is 0 Å². The molecule has 1 atom stereocenters. The second-order valence-corrected chi connectivity index (χ2v) is 7.02. The Bertz CT molecular complexity index is 722. The van der Waals surface area contributed by atoms with Gasteiger partial charge in [0.15, 0.2) is 0 Å². The van der Waals surface area contributed by atoms with Crippen LogP contribution in [0.1, 0.15) is 19.9 Å². The van der Waals surface area contributed by atoms with Crippen LogP contribution in [-0.2, 0) is 9.84 Å². The number of ether oxygens (including phenoxy) is 1. The Morgan fingerprint density at radius 3 is 2.75 bits per heavy atom. The van der Waals surface area contributed by atoms with Gasteiger partial charge in [-0.3, -0.25) is 0 Å². The average Bonchev–Trinajstić information content (AvgIpc) is 2.64. The van der Waals surface area contributed by atoms with Crippen molar-refractivity contribution in [3.63, 3.8) is 0 Å². The Morgan fingerprint density at radius 2 is 2.15 bits per heavy atom. The maximum atomic E-state index is 11.5. The van der Waals surface area contributed by atoms with Crippen molar-refractivity contribution < 1.29 is 13.2 Å². The highest BCUT2D eigenvalue weighted by Crippen LogP contribution is 2.29. The van der Waals surface area contributed by atoms with Gasteiger partial charge in [0.1, 0.15) is 21.1 Å². The van der Waals surface area contributed by atoms with Crippen LogP contribution in [0.2, 0.25) is 0 Å². The second-order valence-electron chi connectivity index (χ2n) is 4.84. The van der Waals surface area contributed by atoms with Gasteiger partial charge in [-0.15, -0.1) is 0 Å². The van der Waals surface area contributed by atoms with E-state index in [2.05, 4.69) is 4.98 Å². The van der Waals surface area contributed by atoms with Crippen molar-refractivity contribution in [2.45, 2.75) is 19.9 Å². The van der Waals surface area contributed by atoms with Gasteiger partial charge in [-0.1, -0.05) is 6.07 Å². The Labute approximate surface area is 118 Å². The maximum Gasteiger partial charge on any atom is 0.201 e. The molecule has 1 unspecified atom stereocenters. The van der Waals surface area contributed by atoms with Gasteiger partial charge in [0, 0.05) is 12.3 Å². The minimum atomic E-state index is -3.09. The zero-order chi connectivity index (χ0) is 14.9. The molecule has 2 rings (SSSR count). The lowest BCUT2D eigenvalue weighted by Gasteiger charge is -2.15. The van der Waals surface area contributed by atoms with Crippen LogP contribution in [0.25, 0.3) is 11.0 Å². The molecule has 0 aliphatic heterocycles. The van der Waals surface area contributed by atoms with Gasteiger partial charge < -0.3 is 15.0 Å². The van der Waals surface area contributed by atoms with Gasteiger partial charge in [0.25, 0.3) is 0 Å². The minimum Gasteiger partial charge on any atom is -0.492 e. The molecule has 2 aromatic rings. The summed E-state index contributed by atoms with van der Waals surface area (Å²) in [7, 11) is -3.09. The van der Waals surface area contributed by atoms with Crippen molar-refractivity contribution in [2.75, 3.05) is 24.3 Å². The minimum absolute atomic E-state index is 0.0154. The lowest BCUT2D eigenvalue weighted by Crippen LogP contribution is -2.18. The fraction of sp³-hybridized carbons (Fsp3) is 0.462. The number of imidazole rings is 1. The largest absolute Gasteiger partial charge is 0.492 e. The lowest BCUT2D eigenvalue weighted by atomic mass is 10.2. The smallest absolute Gasteiger partial charge is 0.201 e. The van der Waals surface area contributed by atoms with Crippen LogP contribution in [0.5, 0.6) is 5.75 Å². The van der Waals surface area contributed by atoms with Crippen molar-refractivity contribution in [2.24, 2.45) is 0 Å². The van der Waals surface area contributed by atoms with E-state index in [0.29, 0.717) is 23.8 Å². The molecule has 0 saturated carbocycles. The summed E-state index contributed by atoms with van der Waals surface area (Å²) in [6.45, 7) is 4.24. The van der Waals surface area contributed by atoms with E-state index in [-0.39, 0.29) is 11.8 Å². The molecule has 0 aliphatic carbocycles. The Balaban J connectivity index is 2.54. The summed E-state index contributed by atoms with van der Waals surface area (Å²) in [6, 6.07) is 5.24. The Morgan fingerprint density at radius 1 is 1.45 bits per heavy atom. The molecule has 0 saturated heterocycles. The standard InChI is InChI=1S/C13H19N3O3S/c1-4-19-11-7-5-6-10-12(11)15-13(14)16(10)9(2)8-20(3,17)18/h5-7,9H,4,8H2,1-3H3,(H2,14,15). The Kier molecular flexibility index (Phi) is 3.89. The number of para-hydroxylation sites is 1. The van der Waals surface area contributed by atoms with Gasteiger partial charge in [-0.25, -0.2) is 13.4 Å². The fourth-order valence-corrected chi connectivity index (χ4v) is 3.38. The van der Waals surface area contributed by atoms with E-state index in [4.69, 9.17) is 10.5 Å². The predicted molar refractivity (Wildman–Crippen MR) is 79.7 cm³/mol. The van der Waals surface area contributed by atoms with E-state index in [1.807, 2.05) is 32.0 Å². The van der Waals surface area contributed by atoms with E-state index in [9.17, 15) is 8.42 Å². The summed E-state index contributed by atoms with van der Waals surface area (Å²) in [6.07, 6.45) is 1.21. The highest BCUT2D eigenvalue weighted by atomic mass is 32.2. The number of nitrogens with two attached hydrogens (primary N) is 1. The molecule has 2 N–H and O–H groups in total. The van der Waals surface area contributed by atoms with Gasteiger partial charge in [0.05, 0.1) is 17.9 Å². The van der Waals surface area contributed by atoms with Crippen LogP contribution in [-0.4, -0.2) is 36.6 Å². The zero-order valence-electron chi connectivity index (χ0n) is 11.8. The van der Waals surface area contributed by atoms with E-state index < -0.39 is 9.84 Å². The molecular formula is C13H19N3O3S. The van der Waals surface area contributed by atoms with Crippen LogP contribution in [0, 0.1) is 0 Å². The number of nitrogens with zero attached hydrogens (tertiary/aromatic N) is 2. The summed E-state index contributed by atoms with van der Waals surface area (Å²) in [5.41, 5.74) is 7.38. The Hall–Kier alpha value is -1.76. The summed E-state index contributed by atoms with van der Waals surface area (Å²) in [4.78, 5) is 4.30. The number of hydrogen-bond donors (Lipinski definition) is 1. The van der Waals surface area contributed by atoms with Crippen LogP contribution in [0.3, 0.4) is 0 Å². The summed E-state index contributed by atoms with van der Waals surface area (Å²) < 4.78 is 30.2. The lowest BCUT2D eigenvalue weighted by molar-refractivity contribution is 0.343. The second kappa shape index (κ2) is 5.32. The number of fused-ring (bicyclic) bond motifs is 1. The summed E-state index contributed by atoms with van der Waals surface area (Å²) >= 11 is 0. The first-order valence-electron chi connectivity index (χ1n) is 6.40. The average molecular weight is 297 g/mol. The van der Waals surface area contributed by atoms with Gasteiger partial charge in [-0.2, -0.15) is 0 Å². The number of aromatic nitrogens is 2. The van der Waals surface area contributed by atoms with Crippen LogP contribution >= 0.6 is 0 Å². The predicted octanol–water partition coefficient (Wildman–Crippen LogP) is 1.62. The highest BCUT2D eigenvalue weighted by Gasteiger charge is 2.19. The molecule has 20 heavy (non-hydrogen) atoms. The molecule has 6 nitrogen and oxygen atoms in total. The maximum absolute atomic E-state index is 11.5. The number of nitrogen functional groups attached to an aromatic ring is 1. The van der Waals surface area contributed by atoms with Crippen LogP contribution < -0.4 is 10.5 Å². The van der Waals surface area contributed by atoms with E-state index in [0.717, 1.165) is 5.52 Å². The van der Waals surface area contributed by atoms with Crippen molar-refractivity contribution >= 4 is 26.8 Å². The molecule has 110 valence electrons. The molecule has 1 aromatic carbocycles. The topological polar surface area (TPSA) is 87.2 Å². The van der Waals surface area contributed by atoms with E-state index in [1.54, 1.807) is 4.57 Å².